The van der Waals surface area contributed by atoms with E-state index in [1.807, 2.05) is 60.7 Å². The Labute approximate surface area is 216 Å². The minimum Gasteiger partial charge on any atom is -0.208 e. The van der Waals surface area contributed by atoms with Gasteiger partial charge in [0.1, 0.15) is 0 Å². The highest BCUT2D eigenvalue weighted by Crippen LogP contribution is 2.51. The van der Waals surface area contributed by atoms with E-state index in [-0.39, 0.29) is 5.41 Å². The van der Waals surface area contributed by atoms with Crippen LogP contribution in [0.25, 0.3) is 56.1 Å². The number of nitrogens with zero attached hydrogens (tertiary/aromatic N) is 3. The molecule has 0 N–H and O–H groups in total. The molecule has 0 atom stereocenters. The lowest BCUT2D eigenvalue weighted by Crippen LogP contribution is -2.14. The van der Waals surface area contributed by atoms with E-state index in [2.05, 4.69) is 68.4 Å². The Morgan fingerprint density at radius 3 is 1.68 bits per heavy atom. The molecule has 176 valence electrons. The Kier molecular flexibility index (Phi) is 4.80. The third-order valence-corrected chi connectivity index (χ3v) is 7.52. The predicted octanol–water partition coefficient (Wildman–Crippen LogP) is 8.33. The van der Waals surface area contributed by atoms with E-state index in [9.17, 15) is 0 Å². The van der Waals surface area contributed by atoms with Crippen LogP contribution in [0.2, 0.25) is 0 Å². The van der Waals surface area contributed by atoms with Crippen LogP contribution in [0.3, 0.4) is 0 Å². The van der Waals surface area contributed by atoms with Crippen LogP contribution in [0, 0.1) is 0 Å². The van der Waals surface area contributed by atoms with Gasteiger partial charge in [-0.1, -0.05) is 123 Å². The zero-order valence-electron chi connectivity index (χ0n) is 20.8. The average Bonchev–Trinajstić information content (AvgIpc) is 3.20. The Balaban J connectivity index is 1.47. The second-order valence-electron chi connectivity index (χ2n) is 10.1. The third-order valence-electron chi connectivity index (χ3n) is 7.52. The lowest BCUT2D eigenvalue weighted by molar-refractivity contribution is 0.661. The van der Waals surface area contributed by atoms with Gasteiger partial charge in [0, 0.05) is 22.1 Å². The van der Waals surface area contributed by atoms with Gasteiger partial charge in [-0.2, -0.15) is 0 Å². The van der Waals surface area contributed by atoms with Gasteiger partial charge in [-0.15, -0.1) is 0 Å². The van der Waals surface area contributed by atoms with Gasteiger partial charge < -0.3 is 0 Å². The number of rotatable bonds is 3. The van der Waals surface area contributed by atoms with Crippen LogP contribution < -0.4 is 0 Å². The van der Waals surface area contributed by atoms with Crippen LogP contribution in [0.15, 0.2) is 115 Å². The summed E-state index contributed by atoms with van der Waals surface area (Å²) in [5.41, 5.74) is 8.27. The maximum absolute atomic E-state index is 4.95. The van der Waals surface area contributed by atoms with E-state index < -0.39 is 0 Å². The molecule has 0 unspecified atom stereocenters. The van der Waals surface area contributed by atoms with E-state index in [1.54, 1.807) is 0 Å². The molecule has 0 amide bonds. The molecule has 0 bridgehead atoms. The summed E-state index contributed by atoms with van der Waals surface area (Å²) in [6.07, 6.45) is 0. The van der Waals surface area contributed by atoms with Crippen molar-refractivity contribution >= 4 is 10.8 Å². The second-order valence-corrected chi connectivity index (χ2v) is 10.1. The highest BCUT2D eigenvalue weighted by Gasteiger charge is 2.36. The first-order valence-corrected chi connectivity index (χ1v) is 12.6. The molecule has 1 aromatic heterocycles. The second kappa shape index (κ2) is 8.21. The van der Waals surface area contributed by atoms with Crippen LogP contribution in [0.5, 0.6) is 0 Å². The third kappa shape index (κ3) is 3.47. The summed E-state index contributed by atoms with van der Waals surface area (Å²) in [6.45, 7) is 4.63. The van der Waals surface area contributed by atoms with Crippen molar-refractivity contribution in [2.45, 2.75) is 19.3 Å². The fourth-order valence-electron chi connectivity index (χ4n) is 5.60. The molecule has 0 fully saturated rings. The fraction of sp³-hybridized carbons (Fsp3) is 0.0882. The molecule has 0 radical (unpaired) electrons. The minimum atomic E-state index is -0.0375. The van der Waals surface area contributed by atoms with Gasteiger partial charge in [0.2, 0.25) is 0 Å². The average molecular weight is 476 g/mol. The molecule has 0 saturated heterocycles. The minimum absolute atomic E-state index is 0.0375. The Morgan fingerprint density at radius 1 is 0.486 bits per heavy atom. The maximum atomic E-state index is 4.95. The molecular formula is C34H25N3. The SMILES string of the molecule is CC1(C)c2ccccc2-c2c1ccc1ccc(-c3nc(-c4ccccc4)nc(-c4ccccc4)n3)cc21. The molecule has 1 aliphatic rings. The van der Waals surface area contributed by atoms with E-state index in [0.29, 0.717) is 17.5 Å². The van der Waals surface area contributed by atoms with Crippen LogP contribution in [0.1, 0.15) is 25.0 Å². The normalized spacial score (nSPS) is 13.4. The molecule has 37 heavy (non-hydrogen) atoms. The van der Waals surface area contributed by atoms with Crippen molar-refractivity contribution in [3.63, 3.8) is 0 Å². The molecule has 7 rings (SSSR count). The number of hydrogen-bond donors (Lipinski definition) is 0. The summed E-state index contributed by atoms with van der Waals surface area (Å²) in [7, 11) is 0. The van der Waals surface area contributed by atoms with Gasteiger partial charge >= 0.3 is 0 Å². The molecular weight excluding hydrogens is 450 g/mol. The number of hydrogen-bond acceptors (Lipinski definition) is 3. The van der Waals surface area contributed by atoms with E-state index in [1.165, 1.54) is 33.0 Å². The highest BCUT2D eigenvalue weighted by atomic mass is 15.0. The highest BCUT2D eigenvalue weighted by molar-refractivity contribution is 6.03. The van der Waals surface area contributed by atoms with Crippen molar-refractivity contribution in [2.75, 3.05) is 0 Å². The van der Waals surface area contributed by atoms with Crippen molar-refractivity contribution in [1.82, 2.24) is 15.0 Å². The first kappa shape index (κ1) is 21.6. The zero-order chi connectivity index (χ0) is 25.0. The molecule has 0 saturated carbocycles. The molecule has 0 aliphatic heterocycles. The van der Waals surface area contributed by atoms with Crippen LogP contribution in [-0.4, -0.2) is 15.0 Å². The zero-order valence-corrected chi connectivity index (χ0v) is 20.8. The van der Waals surface area contributed by atoms with Gasteiger partial charge in [0.05, 0.1) is 0 Å². The van der Waals surface area contributed by atoms with E-state index in [4.69, 9.17) is 15.0 Å². The van der Waals surface area contributed by atoms with E-state index in [0.717, 1.165) is 16.7 Å². The van der Waals surface area contributed by atoms with Crippen molar-refractivity contribution in [2.24, 2.45) is 0 Å². The molecule has 1 aliphatic carbocycles. The number of aromatic nitrogens is 3. The molecule has 0 spiro atoms. The molecule has 5 aromatic carbocycles. The first-order valence-electron chi connectivity index (χ1n) is 12.6. The molecule has 3 heteroatoms. The number of benzene rings is 5. The van der Waals surface area contributed by atoms with Gasteiger partial charge in [-0.3, -0.25) is 0 Å². The van der Waals surface area contributed by atoms with Gasteiger partial charge in [-0.25, -0.2) is 15.0 Å². The van der Waals surface area contributed by atoms with E-state index >= 15 is 0 Å². The standard InChI is InChI=1S/C34H25N3/c1-34(2)28-16-10-9-15-26(28)30-27-21-25(18-17-22(27)19-20-29(30)34)33-36-31(23-11-5-3-6-12-23)35-32(37-33)24-13-7-4-8-14-24/h3-21H,1-2H3. The maximum Gasteiger partial charge on any atom is 0.164 e. The topological polar surface area (TPSA) is 38.7 Å². The smallest absolute Gasteiger partial charge is 0.164 e. The van der Waals surface area contributed by atoms with Crippen molar-refractivity contribution in [3.05, 3.63) is 126 Å². The summed E-state index contributed by atoms with van der Waals surface area (Å²) in [5.74, 6) is 2.03. The fourth-order valence-corrected chi connectivity index (χ4v) is 5.60. The van der Waals surface area contributed by atoms with Crippen molar-refractivity contribution in [1.29, 1.82) is 0 Å². The molecule has 6 aromatic rings. The monoisotopic (exact) mass is 475 g/mol. The van der Waals surface area contributed by atoms with Gasteiger partial charge in [-0.05, 0) is 39.1 Å². The summed E-state index contributed by atoms with van der Waals surface area (Å²) in [4.78, 5) is 14.7. The Bertz CT molecular complexity index is 1730. The lowest BCUT2D eigenvalue weighted by atomic mass is 9.82. The summed E-state index contributed by atoms with van der Waals surface area (Å²) in [5, 5.41) is 2.45. The Hall–Kier alpha value is -4.63. The summed E-state index contributed by atoms with van der Waals surface area (Å²) in [6, 6.07) is 40.1. The van der Waals surface area contributed by atoms with Crippen LogP contribution in [-0.2, 0) is 5.41 Å². The molecule has 3 nitrogen and oxygen atoms in total. The van der Waals surface area contributed by atoms with Crippen molar-refractivity contribution in [3.8, 4) is 45.3 Å². The lowest BCUT2D eigenvalue weighted by Gasteiger charge is -2.21. The largest absolute Gasteiger partial charge is 0.208 e. The number of fused-ring (bicyclic) bond motifs is 5. The van der Waals surface area contributed by atoms with Gasteiger partial charge in [0.15, 0.2) is 17.5 Å². The quantitative estimate of drug-likeness (QED) is 0.258. The van der Waals surface area contributed by atoms with Gasteiger partial charge in [0.25, 0.3) is 0 Å². The first-order chi connectivity index (χ1) is 18.1. The van der Waals surface area contributed by atoms with Crippen LogP contribution in [0.4, 0.5) is 0 Å². The van der Waals surface area contributed by atoms with Crippen LogP contribution >= 0.6 is 0 Å². The van der Waals surface area contributed by atoms with Crippen molar-refractivity contribution < 1.29 is 0 Å². The summed E-state index contributed by atoms with van der Waals surface area (Å²) < 4.78 is 0. The predicted molar refractivity (Wildman–Crippen MR) is 151 cm³/mol. The Morgan fingerprint density at radius 2 is 1.03 bits per heavy atom. The summed E-state index contributed by atoms with van der Waals surface area (Å²) >= 11 is 0. The molecule has 1 heterocycles.